The molecule has 1 heterocycles. The molecule has 3 nitrogen and oxygen atoms in total. The summed E-state index contributed by atoms with van der Waals surface area (Å²) in [7, 11) is 0. The van der Waals surface area contributed by atoms with E-state index < -0.39 is 0 Å². The molecule has 0 saturated carbocycles. The van der Waals surface area contributed by atoms with Crippen LogP contribution in [0.25, 0.3) is 11.0 Å². The van der Waals surface area contributed by atoms with E-state index in [4.69, 9.17) is 14.7 Å². The van der Waals surface area contributed by atoms with Crippen LogP contribution in [0.4, 0.5) is 0 Å². The van der Waals surface area contributed by atoms with Gasteiger partial charge in [0, 0.05) is 6.42 Å². The fourth-order valence-corrected chi connectivity index (χ4v) is 3.02. The first-order valence-electron chi connectivity index (χ1n) is 8.74. The summed E-state index contributed by atoms with van der Waals surface area (Å²) in [6.07, 6.45) is 0.679. The molecule has 0 radical (unpaired) electrons. The van der Waals surface area contributed by atoms with E-state index in [1.807, 2.05) is 61.5 Å². The van der Waals surface area contributed by atoms with Gasteiger partial charge in [-0.25, -0.2) is 9.97 Å². The molecule has 1 aromatic heterocycles. The molecule has 0 fully saturated rings. The predicted molar refractivity (Wildman–Crippen MR) is 105 cm³/mol. The van der Waals surface area contributed by atoms with E-state index in [-0.39, 0.29) is 0 Å². The number of fused-ring (bicyclic) bond motifs is 1. The van der Waals surface area contributed by atoms with Crippen LogP contribution in [-0.2, 0) is 6.42 Å². The van der Waals surface area contributed by atoms with Crippen molar-refractivity contribution in [2.75, 3.05) is 0 Å². The molecule has 4 aromatic rings. The van der Waals surface area contributed by atoms with Crippen molar-refractivity contribution in [3.05, 3.63) is 95.2 Å². The Morgan fingerprint density at radius 3 is 2.19 bits per heavy atom. The van der Waals surface area contributed by atoms with Gasteiger partial charge in [0.2, 0.25) is 5.88 Å². The topological polar surface area (TPSA) is 35.0 Å². The van der Waals surface area contributed by atoms with E-state index in [0.717, 1.165) is 28.0 Å². The summed E-state index contributed by atoms with van der Waals surface area (Å²) in [6.45, 7) is 4.13. The van der Waals surface area contributed by atoms with Gasteiger partial charge in [-0.2, -0.15) is 0 Å². The van der Waals surface area contributed by atoms with Gasteiger partial charge >= 0.3 is 0 Å². The molecule has 0 amide bonds. The summed E-state index contributed by atoms with van der Waals surface area (Å²) >= 11 is 0. The molecular weight excluding hydrogens is 320 g/mol. The molecule has 4 rings (SSSR count). The Bertz CT molecular complexity index is 1060. The number of ether oxygens (including phenoxy) is 1. The van der Waals surface area contributed by atoms with Crippen LogP contribution >= 0.6 is 0 Å². The molecule has 0 unspecified atom stereocenters. The SMILES string of the molecule is Cc1ccc(Oc2nc3ccccc3nc2Cc2ccccc2)c(C)c1. The van der Waals surface area contributed by atoms with Crippen molar-refractivity contribution in [1.82, 2.24) is 9.97 Å². The van der Waals surface area contributed by atoms with Gasteiger partial charge in [-0.05, 0) is 43.2 Å². The van der Waals surface area contributed by atoms with Gasteiger partial charge in [0.1, 0.15) is 11.4 Å². The van der Waals surface area contributed by atoms with Crippen molar-refractivity contribution in [2.24, 2.45) is 0 Å². The normalized spacial score (nSPS) is 10.8. The Morgan fingerprint density at radius 2 is 1.46 bits per heavy atom. The average molecular weight is 340 g/mol. The summed E-state index contributed by atoms with van der Waals surface area (Å²) in [5.41, 5.74) is 6.04. The number of aromatic nitrogens is 2. The van der Waals surface area contributed by atoms with E-state index >= 15 is 0 Å². The highest BCUT2D eigenvalue weighted by molar-refractivity contribution is 5.75. The highest BCUT2D eigenvalue weighted by atomic mass is 16.5. The first-order valence-corrected chi connectivity index (χ1v) is 8.74. The molecule has 0 aliphatic carbocycles. The maximum atomic E-state index is 6.20. The number of rotatable bonds is 4. The van der Waals surface area contributed by atoms with E-state index in [1.165, 1.54) is 11.1 Å². The van der Waals surface area contributed by atoms with Crippen LogP contribution in [0.2, 0.25) is 0 Å². The first kappa shape index (κ1) is 16.3. The van der Waals surface area contributed by atoms with Crippen LogP contribution in [0.1, 0.15) is 22.4 Å². The lowest BCUT2D eigenvalue weighted by Crippen LogP contribution is -2.01. The summed E-state index contributed by atoms with van der Waals surface area (Å²) in [6, 6.07) is 24.3. The number of benzene rings is 3. The zero-order valence-corrected chi connectivity index (χ0v) is 14.9. The molecule has 0 aliphatic heterocycles. The molecule has 0 N–H and O–H groups in total. The summed E-state index contributed by atoms with van der Waals surface area (Å²) in [5.74, 6) is 1.38. The van der Waals surface area contributed by atoms with Gasteiger partial charge in [-0.15, -0.1) is 0 Å². The number of hydrogen-bond acceptors (Lipinski definition) is 3. The zero-order valence-electron chi connectivity index (χ0n) is 14.9. The van der Waals surface area contributed by atoms with Crippen molar-refractivity contribution >= 4 is 11.0 Å². The maximum absolute atomic E-state index is 6.20. The third-order valence-corrected chi connectivity index (χ3v) is 4.36. The van der Waals surface area contributed by atoms with Gasteiger partial charge < -0.3 is 4.74 Å². The lowest BCUT2D eigenvalue weighted by atomic mass is 10.1. The van der Waals surface area contributed by atoms with Crippen LogP contribution in [0.3, 0.4) is 0 Å². The average Bonchev–Trinajstić information content (AvgIpc) is 2.65. The Morgan fingerprint density at radius 1 is 0.769 bits per heavy atom. The second-order valence-electron chi connectivity index (χ2n) is 6.50. The van der Waals surface area contributed by atoms with Gasteiger partial charge in [0.15, 0.2) is 0 Å². The molecule has 3 aromatic carbocycles. The number of nitrogens with zero attached hydrogens (tertiary/aromatic N) is 2. The van der Waals surface area contributed by atoms with Crippen molar-refractivity contribution in [2.45, 2.75) is 20.3 Å². The van der Waals surface area contributed by atoms with E-state index in [9.17, 15) is 0 Å². The molecule has 0 saturated heterocycles. The van der Waals surface area contributed by atoms with Gasteiger partial charge in [-0.3, -0.25) is 0 Å². The minimum Gasteiger partial charge on any atom is -0.437 e. The highest BCUT2D eigenvalue weighted by Gasteiger charge is 2.13. The van der Waals surface area contributed by atoms with Crippen molar-refractivity contribution in [3.8, 4) is 11.6 Å². The Labute approximate surface area is 153 Å². The smallest absolute Gasteiger partial charge is 0.242 e. The molecular formula is C23H20N2O. The maximum Gasteiger partial charge on any atom is 0.242 e. The summed E-state index contributed by atoms with van der Waals surface area (Å²) < 4.78 is 6.20. The summed E-state index contributed by atoms with van der Waals surface area (Å²) in [4.78, 5) is 9.57. The van der Waals surface area contributed by atoms with Crippen LogP contribution < -0.4 is 4.74 Å². The largest absolute Gasteiger partial charge is 0.437 e. The molecule has 0 aliphatic rings. The molecule has 0 bridgehead atoms. The molecule has 0 atom stereocenters. The van der Waals surface area contributed by atoms with Crippen LogP contribution in [0.5, 0.6) is 11.6 Å². The van der Waals surface area contributed by atoms with Crippen LogP contribution in [0.15, 0.2) is 72.8 Å². The highest BCUT2D eigenvalue weighted by Crippen LogP contribution is 2.29. The third kappa shape index (κ3) is 3.42. The molecule has 3 heteroatoms. The fourth-order valence-electron chi connectivity index (χ4n) is 3.02. The number of para-hydroxylation sites is 2. The predicted octanol–water partition coefficient (Wildman–Crippen LogP) is 5.63. The van der Waals surface area contributed by atoms with Crippen molar-refractivity contribution in [3.63, 3.8) is 0 Å². The second kappa shape index (κ2) is 6.96. The minimum atomic E-state index is 0.569. The van der Waals surface area contributed by atoms with Crippen molar-refractivity contribution in [1.29, 1.82) is 0 Å². The van der Waals surface area contributed by atoms with Crippen molar-refractivity contribution < 1.29 is 4.74 Å². The lowest BCUT2D eigenvalue weighted by molar-refractivity contribution is 0.453. The van der Waals surface area contributed by atoms with E-state index in [0.29, 0.717) is 12.3 Å². The monoisotopic (exact) mass is 340 g/mol. The Kier molecular flexibility index (Phi) is 4.36. The Hall–Kier alpha value is -3.20. The Balaban J connectivity index is 1.79. The third-order valence-electron chi connectivity index (χ3n) is 4.36. The quantitative estimate of drug-likeness (QED) is 0.483. The molecule has 0 spiro atoms. The lowest BCUT2D eigenvalue weighted by Gasteiger charge is -2.13. The molecule has 128 valence electrons. The van der Waals surface area contributed by atoms with E-state index in [1.54, 1.807) is 0 Å². The number of aryl methyl sites for hydroxylation is 2. The van der Waals surface area contributed by atoms with Crippen LogP contribution in [-0.4, -0.2) is 9.97 Å². The second-order valence-corrected chi connectivity index (χ2v) is 6.50. The van der Waals surface area contributed by atoms with Gasteiger partial charge in [0.25, 0.3) is 0 Å². The first-order chi connectivity index (χ1) is 12.7. The molecule has 26 heavy (non-hydrogen) atoms. The van der Waals surface area contributed by atoms with Crippen LogP contribution in [0, 0.1) is 13.8 Å². The zero-order chi connectivity index (χ0) is 17.9. The minimum absolute atomic E-state index is 0.569. The fraction of sp³-hybridized carbons (Fsp3) is 0.130. The van der Waals surface area contributed by atoms with Gasteiger partial charge in [-0.1, -0.05) is 60.2 Å². The summed E-state index contributed by atoms with van der Waals surface area (Å²) in [5, 5.41) is 0. The number of hydrogen-bond donors (Lipinski definition) is 0. The van der Waals surface area contributed by atoms with Gasteiger partial charge in [0.05, 0.1) is 11.0 Å². The van der Waals surface area contributed by atoms with E-state index in [2.05, 4.69) is 25.1 Å². The standard InChI is InChI=1S/C23H20N2O/c1-16-12-13-22(17(2)14-16)26-23-21(15-18-8-4-3-5-9-18)24-19-10-6-7-11-20(19)25-23/h3-14H,15H2,1-2H3.